The quantitative estimate of drug-likeness (QED) is 0.535. The van der Waals surface area contributed by atoms with Crippen molar-refractivity contribution in [3.63, 3.8) is 0 Å². The summed E-state index contributed by atoms with van der Waals surface area (Å²) in [6.45, 7) is 2.76. The standard InChI is InChI=1S/C22H19NO3/c1-2-14-23(15-8-11-17-9-4-3-5-10-17)21(24)19-16-18-12-6-7-13-20(18)26-22(19)25/h3-7,9-10,12-13,16H,2,14-15H2,1H3. The summed E-state index contributed by atoms with van der Waals surface area (Å²) in [5.41, 5.74) is 0.783. The van der Waals surface area contributed by atoms with E-state index >= 15 is 0 Å². The average molecular weight is 345 g/mol. The van der Waals surface area contributed by atoms with Crippen LogP contribution in [0.2, 0.25) is 0 Å². The summed E-state index contributed by atoms with van der Waals surface area (Å²) >= 11 is 0. The molecule has 3 rings (SSSR count). The van der Waals surface area contributed by atoms with Crippen LogP contribution < -0.4 is 5.63 Å². The van der Waals surface area contributed by atoms with Gasteiger partial charge in [0.25, 0.3) is 5.91 Å². The first kappa shape index (κ1) is 17.5. The van der Waals surface area contributed by atoms with E-state index in [2.05, 4.69) is 11.8 Å². The molecule has 0 aliphatic carbocycles. The lowest BCUT2D eigenvalue weighted by Crippen LogP contribution is -2.35. The summed E-state index contributed by atoms with van der Waals surface area (Å²) in [7, 11) is 0. The minimum absolute atomic E-state index is 0.0404. The molecule has 0 atom stereocenters. The van der Waals surface area contributed by atoms with Crippen LogP contribution in [0.1, 0.15) is 29.3 Å². The Bertz CT molecular complexity index is 1030. The summed E-state index contributed by atoms with van der Waals surface area (Å²) in [4.78, 5) is 26.6. The maximum absolute atomic E-state index is 12.8. The Morgan fingerprint density at radius 2 is 1.81 bits per heavy atom. The third-order valence-corrected chi connectivity index (χ3v) is 3.93. The predicted octanol–water partition coefficient (Wildman–Crippen LogP) is 3.70. The first-order valence-corrected chi connectivity index (χ1v) is 8.55. The molecule has 1 amide bonds. The van der Waals surface area contributed by atoms with Gasteiger partial charge >= 0.3 is 5.63 Å². The van der Waals surface area contributed by atoms with Crippen LogP contribution in [-0.2, 0) is 0 Å². The number of fused-ring (bicyclic) bond motifs is 1. The van der Waals surface area contributed by atoms with E-state index in [1.54, 1.807) is 23.1 Å². The maximum atomic E-state index is 12.8. The molecular formula is C22H19NO3. The number of hydrogen-bond donors (Lipinski definition) is 0. The third-order valence-electron chi connectivity index (χ3n) is 3.93. The Morgan fingerprint density at radius 3 is 2.58 bits per heavy atom. The van der Waals surface area contributed by atoms with E-state index in [1.165, 1.54) is 0 Å². The van der Waals surface area contributed by atoms with Crippen LogP contribution in [0.4, 0.5) is 0 Å². The summed E-state index contributed by atoms with van der Waals surface area (Å²) < 4.78 is 5.28. The second-order valence-corrected chi connectivity index (χ2v) is 5.88. The van der Waals surface area contributed by atoms with E-state index in [1.807, 2.05) is 49.4 Å². The SMILES string of the molecule is CCCN(CC#Cc1ccccc1)C(=O)c1cc2ccccc2oc1=O. The van der Waals surface area contributed by atoms with Crippen molar-refractivity contribution in [2.75, 3.05) is 13.1 Å². The van der Waals surface area contributed by atoms with Crippen molar-refractivity contribution < 1.29 is 9.21 Å². The summed E-state index contributed by atoms with van der Waals surface area (Å²) in [5, 5.41) is 0.724. The topological polar surface area (TPSA) is 50.5 Å². The highest BCUT2D eigenvalue weighted by Crippen LogP contribution is 2.14. The molecule has 4 nitrogen and oxygen atoms in total. The maximum Gasteiger partial charge on any atom is 0.349 e. The predicted molar refractivity (Wildman–Crippen MR) is 102 cm³/mol. The molecule has 26 heavy (non-hydrogen) atoms. The van der Waals surface area contributed by atoms with Crippen LogP contribution in [-0.4, -0.2) is 23.9 Å². The number of para-hydroxylation sites is 1. The minimum atomic E-state index is -0.620. The molecule has 0 radical (unpaired) electrons. The third kappa shape index (κ3) is 4.01. The fraction of sp³-hybridized carbons (Fsp3) is 0.182. The van der Waals surface area contributed by atoms with Crippen LogP contribution >= 0.6 is 0 Å². The molecule has 0 aliphatic rings. The van der Waals surface area contributed by atoms with Gasteiger partial charge in [-0.15, -0.1) is 0 Å². The molecule has 4 heteroatoms. The van der Waals surface area contributed by atoms with Gasteiger partial charge in [0.15, 0.2) is 0 Å². The Hall–Kier alpha value is -3.32. The van der Waals surface area contributed by atoms with Crippen molar-refractivity contribution in [1.82, 2.24) is 4.90 Å². The van der Waals surface area contributed by atoms with Crippen molar-refractivity contribution in [1.29, 1.82) is 0 Å². The van der Waals surface area contributed by atoms with Crippen molar-refractivity contribution in [3.05, 3.63) is 82.2 Å². The zero-order chi connectivity index (χ0) is 18.4. The monoisotopic (exact) mass is 345 g/mol. The van der Waals surface area contributed by atoms with Gasteiger partial charge in [-0.3, -0.25) is 4.79 Å². The molecule has 0 aliphatic heterocycles. The van der Waals surface area contributed by atoms with Crippen LogP contribution in [0.3, 0.4) is 0 Å². The molecule has 1 aromatic heterocycles. The van der Waals surface area contributed by atoms with Gasteiger partial charge in [0, 0.05) is 17.5 Å². The lowest BCUT2D eigenvalue weighted by Gasteiger charge is -2.18. The van der Waals surface area contributed by atoms with Crippen LogP contribution in [0.25, 0.3) is 11.0 Å². The van der Waals surface area contributed by atoms with Crippen molar-refractivity contribution in [2.24, 2.45) is 0 Å². The summed E-state index contributed by atoms with van der Waals surface area (Å²) in [6, 6.07) is 18.3. The Morgan fingerprint density at radius 1 is 1.08 bits per heavy atom. The number of amides is 1. The highest BCUT2D eigenvalue weighted by atomic mass is 16.4. The fourth-order valence-electron chi connectivity index (χ4n) is 2.66. The van der Waals surface area contributed by atoms with E-state index in [9.17, 15) is 9.59 Å². The number of carbonyl (C=O) groups is 1. The molecule has 2 aromatic carbocycles. The number of hydrogen-bond acceptors (Lipinski definition) is 3. The minimum Gasteiger partial charge on any atom is -0.422 e. The normalized spacial score (nSPS) is 10.2. The van der Waals surface area contributed by atoms with Gasteiger partial charge in [0.2, 0.25) is 0 Å². The zero-order valence-electron chi connectivity index (χ0n) is 14.6. The Balaban J connectivity index is 1.86. The largest absolute Gasteiger partial charge is 0.422 e. The van der Waals surface area contributed by atoms with E-state index in [0.717, 1.165) is 17.4 Å². The van der Waals surface area contributed by atoms with E-state index < -0.39 is 5.63 Å². The molecule has 0 spiro atoms. The molecule has 0 N–H and O–H groups in total. The highest BCUT2D eigenvalue weighted by Gasteiger charge is 2.19. The Kier molecular flexibility index (Phi) is 5.50. The average Bonchev–Trinajstić information content (AvgIpc) is 2.67. The summed E-state index contributed by atoms with van der Waals surface area (Å²) in [5.74, 6) is 5.70. The number of carbonyl (C=O) groups excluding carboxylic acids is 1. The van der Waals surface area contributed by atoms with Gasteiger partial charge in [0.05, 0.1) is 6.54 Å². The molecule has 0 saturated carbocycles. The zero-order valence-corrected chi connectivity index (χ0v) is 14.6. The second-order valence-electron chi connectivity index (χ2n) is 5.88. The van der Waals surface area contributed by atoms with Crippen LogP contribution in [0, 0.1) is 11.8 Å². The highest BCUT2D eigenvalue weighted by molar-refractivity contribution is 5.96. The molecule has 130 valence electrons. The molecular weight excluding hydrogens is 326 g/mol. The van der Waals surface area contributed by atoms with E-state index in [0.29, 0.717) is 12.1 Å². The molecule has 0 unspecified atom stereocenters. The first-order chi connectivity index (χ1) is 12.7. The van der Waals surface area contributed by atoms with Gasteiger partial charge in [-0.05, 0) is 30.7 Å². The smallest absolute Gasteiger partial charge is 0.349 e. The van der Waals surface area contributed by atoms with Gasteiger partial charge in [0.1, 0.15) is 11.1 Å². The van der Waals surface area contributed by atoms with Crippen molar-refractivity contribution in [2.45, 2.75) is 13.3 Å². The number of rotatable bonds is 4. The van der Waals surface area contributed by atoms with E-state index in [-0.39, 0.29) is 18.0 Å². The number of benzene rings is 2. The summed E-state index contributed by atoms with van der Waals surface area (Å²) in [6.07, 6.45) is 0.775. The number of nitrogens with zero attached hydrogens (tertiary/aromatic N) is 1. The lowest BCUT2D eigenvalue weighted by molar-refractivity contribution is 0.0773. The molecule has 1 heterocycles. The van der Waals surface area contributed by atoms with Crippen LogP contribution in [0.15, 0.2) is 69.9 Å². The first-order valence-electron chi connectivity index (χ1n) is 8.55. The van der Waals surface area contributed by atoms with Gasteiger partial charge in [-0.25, -0.2) is 4.79 Å². The molecule has 0 saturated heterocycles. The molecule has 0 bridgehead atoms. The Labute approximate surface area is 152 Å². The van der Waals surface area contributed by atoms with Gasteiger partial charge in [-0.2, -0.15) is 0 Å². The van der Waals surface area contributed by atoms with Gasteiger partial charge < -0.3 is 9.32 Å². The lowest BCUT2D eigenvalue weighted by atomic mass is 10.1. The molecule has 0 fully saturated rings. The van der Waals surface area contributed by atoms with Gasteiger partial charge in [-0.1, -0.05) is 55.2 Å². The van der Waals surface area contributed by atoms with Crippen LogP contribution in [0.5, 0.6) is 0 Å². The molecule has 3 aromatic rings. The van der Waals surface area contributed by atoms with Crippen molar-refractivity contribution in [3.8, 4) is 11.8 Å². The van der Waals surface area contributed by atoms with E-state index in [4.69, 9.17) is 4.42 Å². The fourth-order valence-corrected chi connectivity index (χ4v) is 2.66. The van der Waals surface area contributed by atoms with Crippen molar-refractivity contribution >= 4 is 16.9 Å². The second kappa shape index (κ2) is 8.17.